The van der Waals surface area contributed by atoms with Crippen molar-refractivity contribution < 1.29 is 0 Å². The fraction of sp³-hybridized carbons (Fsp3) is 0.444. The Morgan fingerprint density at radius 3 is 2.55 bits per heavy atom. The Bertz CT molecular complexity index is 565. The zero-order valence-electron chi connectivity index (χ0n) is 12.5. The molecule has 0 radical (unpaired) electrons. The van der Waals surface area contributed by atoms with E-state index in [1.807, 2.05) is 0 Å². The molecule has 2 aromatic rings. The van der Waals surface area contributed by atoms with Gasteiger partial charge in [0.25, 0.3) is 0 Å². The van der Waals surface area contributed by atoms with Gasteiger partial charge in [0, 0.05) is 12.6 Å². The van der Waals surface area contributed by atoms with Crippen LogP contribution in [0.25, 0.3) is 10.8 Å². The number of likely N-dealkylation sites (tertiary alicyclic amines) is 1. The van der Waals surface area contributed by atoms with Crippen molar-refractivity contribution in [2.45, 2.75) is 25.4 Å². The summed E-state index contributed by atoms with van der Waals surface area (Å²) in [5.74, 6) is 0. The standard InChI is InChI=1S/C18H24N2/c1-19-12-10-17(11-13-19)20(2)14-16-8-5-7-15-6-3-4-9-18(15)16/h3-9,17H,10-14H2,1-2H3. The van der Waals surface area contributed by atoms with E-state index in [0.717, 1.165) is 12.6 Å². The van der Waals surface area contributed by atoms with E-state index in [2.05, 4.69) is 66.4 Å². The summed E-state index contributed by atoms with van der Waals surface area (Å²) >= 11 is 0. The normalized spacial score (nSPS) is 17.9. The molecule has 1 fully saturated rings. The SMILES string of the molecule is CN1CCC(N(C)Cc2cccc3ccccc23)CC1. The molecule has 3 rings (SSSR count). The zero-order chi connectivity index (χ0) is 13.9. The summed E-state index contributed by atoms with van der Waals surface area (Å²) in [5, 5.41) is 2.75. The number of hydrogen-bond acceptors (Lipinski definition) is 2. The molecule has 1 heterocycles. The van der Waals surface area contributed by atoms with Crippen LogP contribution in [-0.4, -0.2) is 43.0 Å². The van der Waals surface area contributed by atoms with Crippen LogP contribution >= 0.6 is 0 Å². The fourth-order valence-corrected chi connectivity index (χ4v) is 3.26. The first kappa shape index (κ1) is 13.6. The highest BCUT2D eigenvalue weighted by Gasteiger charge is 2.20. The predicted molar refractivity (Wildman–Crippen MR) is 85.9 cm³/mol. The highest BCUT2D eigenvalue weighted by atomic mass is 15.2. The monoisotopic (exact) mass is 268 g/mol. The summed E-state index contributed by atoms with van der Waals surface area (Å²) in [5.41, 5.74) is 1.45. The van der Waals surface area contributed by atoms with Crippen molar-refractivity contribution in [2.24, 2.45) is 0 Å². The maximum Gasteiger partial charge on any atom is 0.0239 e. The molecule has 0 atom stereocenters. The first-order valence-corrected chi connectivity index (χ1v) is 7.59. The van der Waals surface area contributed by atoms with Crippen molar-refractivity contribution >= 4 is 10.8 Å². The van der Waals surface area contributed by atoms with E-state index >= 15 is 0 Å². The number of hydrogen-bond donors (Lipinski definition) is 0. The van der Waals surface area contributed by atoms with Crippen LogP contribution in [0, 0.1) is 0 Å². The number of fused-ring (bicyclic) bond motifs is 1. The van der Waals surface area contributed by atoms with Crippen LogP contribution in [0.4, 0.5) is 0 Å². The van der Waals surface area contributed by atoms with Gasteiger partial charge in [0.2, 0.25) is 0 Å². The highest BCUT2D eigenvalue weighted by molar-refractivity contribution is 5.85. The number of rotatable bonds is 3. The molecule has 0 saturated carbocycles. The highest BCUT2D eigenvalue weighted by Crippen LogP contribution is 2.22. The summed E-state index contributed by atoms with van der Waals surface area (Å²) < 4.78 is 0. The van der Waals surface area contributed by atoms with Gasteiger partial charge in [-0.1, -0.05) is 42.5 Å². The Kier molecular flexibility index (Phi) is 4.04. The van der Waals surface area contributed by atoms with Gasteiger partial charge >= 0.3 is 0 Å². The van der Waals surface area contributed by atoms with Gasteiger partial charge in [-0.3, -0.25) is 4.90 Å². The molecule has 106 valence electrons. The minimum Gasteiger partial charge on any atom is -0.306 e. The molecule has 0 spiro atoms. The van der Waals surface area contributed by atoms with Crippen molar-refractivity contribution in [2.75, 3.05) is 27.2 Å². The van der Waals surface area contributed by atoms with Gasteiger partial charge in [-0.05, 0) is 56.4 Å². The molecule has 0 N–H and O–H groups in total. The molecule has 2 heteroatoms. The Labute approximate surface area is 122 Å². The van der Waals surface area contributed by atoms with Crippen LogP contribution in [0.3, 0.4) is 0 Å². The molecule has 0 amide bonds. The minimum atomic E-state index is 0.727. The summed E-state index contributed by atoms with van der Waals surface area (Å²) in [4.78, 5) is 4.97. The van der Waals surface area contributed by atoms with E-state index in [1.54, 1.807) is 0 Å². The average Bonchev–Trinajstić information content (AvgIpc) is 2.48. The van der Waals surface area contributed by atoms with Gasteiger partial charge in [-0.15, -0.1) is 0 Å². The molecular formula is C18H24N2. The first-order chi connectivity index (χ1) is 9.74. The smallest absolute Gasteiger partial charge is 0.0239 e. The van der Waals surface area contributed by atoms with Crippen molar-refractivity contribution in [3.63, 3.8) is 0 Å². The van der Waals surface area contributed by atoms with Crippen molar-refractivity contribution in [3.8, 4) is 0 Å². The van der Waals surface area contributed by atoms with E-state index < -0.39 is 0 Å². The second-order valence-electron chi connectivity index (χ2n) is 6.09. The third kappa shape index (κ3) is 2.87. The van der Waals surface area contributed by atoms with Gasteiger partial charge < -0.3 is 4.90 Å². The second kappa shape index (κ2) is 5.94. The number of piperidine rings is 1. The Morgan fingerprint density at radius 1 is 1.05 bits per heavy atom. The van der Waals surface area contributed by atoms with Crippen molar-refractivity contribution in [1.29, 1.82) is 0 Å². The third-order valence-electron chi connectivity index (χ3n) is 4.61. The van der Waals surface area contributed by atoms with Crippen LogP contribution in [0.15, 0.2) is 42.5 Å². The van der Waals surface area contributed by atoms with Gasteiger partial charge in [-0.2, -0.15) is 0 Å². The molecule has 0 bridgehead atoms. The maximum atomic E-state index is 2.54. The van der Waals surface area contributed by atoms with Crippen LogP contribution in [0.1, 0.15) is 18.4 Å². The maximum absolute atomic E-state index is 2.54. The predicted octanol–water partition coefficient (Wildman–Crippen LogP) is 3.37. The van der Waals surface area contributed by atoms with Crippen LogP contribution < -0.4 is 0 Å². The number of nitrogens with zero attached hydrogens (tertiary/aromatic N) is 2. The zero-order valence-corrected chi connectivity index (χ0v) is 12.5. The summed E-state index contributed by atoms with van der Waals surface area (Å²) in [7, 11) is 4.50. The molecule has 1 saturated heterocycles. The second-order valence-corrected chi connectivity index (χ2v) is 6.09. The molecule has 0 aliphatic carbocycles. The van der Waals surface area contributed by atoms with Crippen LogP contribution in [0.2, 0.25) is 0 Å². The van der Waals surface area contributed by atoms with E-state index in [1.165, 1.54) is 42.3 Å². The average molecular weight is 268 g/mol. The van der Waals surface area contributed by atoms with E-state index in [-0.39, 0.29) is 0 Å². The topological polar surface area (TPSA) is 6.48 Å². The quantitative estimate of drug-likeness (QED) is 0.842. The van der Waals surface area contributed by atoms with Gasteiger partial charge in [0.05, 0.1) is 0 Å². The molecule has 20 heavy (non-hydrogen) atoms. The lowest BCUT2D eigenvalue weighted by atomic mass is 10.0. The minimum absolute atomic E-state index is 0.727. The lowest BCUT2D eigenvalue weighted by Crippen LogP contribution is -2.41. The van der Waals surface area contributed by atoms with Crippen molar-refractivity contribution in [3.05, 3.63) is 48.0 Å². The summed E-state index contributed by atoms with van der Waals surface area (Å²) in [6.45, 7) is 3.50. The van der Waals surface area contributed by atoms with Crippen LogP contribution in [-0.2, 0) is 6.54 Å². The molecule has 1 aliphatic heterocycles. The Morgan fingerprint density at radius 2 is 1.75 bits per heavy atom. The lowest BCUT2D eigenvalue weighted by molar-refractivity contribution is 0.139. The molecule has 0 aromatic heterocycles. The van der Waals surface area contributed by atoms with Gasteiger partial charge in [0.1, 0.15) is 0 Å². The lowest BCUT2D eigenvalue weighted by Gasteiger charge is -2.35. The van der Waals surface area contributed by atoms with E-state index in [0.29, 0.717) is 0 Å². The summed E-state index contributed by atoms with van der Waals surface area (Å²) in [6, 6.07) is 16.1. The first-order valence-electron chi connectivity index (χ1n) is 7.59. The Hall–Kier alpha value is -1.38. The molecule has 2 aromatic carbocycles. The fourth-order valence-electron chi connectivity index (χ4n) is 3.26. The summed E-state index contributed by atoms with van der Waals surface area (Å²) in [6.07, 6.45) is 2.58. The van der Waals surface area contributed by atoms with Gasteiger partial charge in [-0.25, -0.2) is 0 Å². The molecule has 1 aliphatic rings. The van der Waals surface area contributed by atoms with Gasteiger partial charge in [0.15, 0.2) is 0 Å². The molecular weight excluding hydrogens is 244 g/mol. The van der Waals surface area contributed by atoms with Crippen molar-refractivity contribution in [1.82, 2.24) is 9.80 Å². The van der Waals surface area contributed by atoms with Crippen LogP contribution in [0.5, 0.6) is 0 Å². The largest absolute Gasteiger partial charge is 0.306 e. The van der Waals surface area contributed by atoms with E-state index in [9.17, 15) is 0 Å². The molecule has 2 nitrogen and oxygen atoms in total. The number of benzene rings is 2. The Balaban J connectivity index is 1.76. The third-order valence-corrected chi connectivity index (χ3v) is 4.61. The molecule has 0 unspecified atom stereocenters. The van der Waals surface area contributed by atoms with E-state index in [4.69, 9.17) is 0 Å².